The highest BCUT2D eigenvalue weighted by Gasteiger charge is 2.40. The van der Waals surface area contributed by atoms with E-state index < -0.39 is 0 Å². The van der Waals surface area contributed by atoms with Crippen molar-refractivity contribution in [1.29, 1.82) is 0 Å². The number of nitrogens with one attached hydrogen (secondary N) is 1. The molecule has 2 rings (SSSR count). The molecule has 1 aromatic rings. The molecule has 11 heavy (non-hydrogen) atoms. The second kappa shape index (κ2) is 2.25. The topological polar surface area (TPSA) is 37.8 Å². The van der Waals surface area contributed by atoms with Crippen molar-refractivity contribution in [3.8, 4) is 0 Å². The zero-order chi connectivity index (χ0) is 7.90. The molecular weight excluding hydrogens is 158 g/mol. The van der Waals surface area contributed by atoms with E-state index >= 15 is 0 Å². The first-order valence-corrected chi connectivity index (χ1v) is 4.54. The predicted molar refractivity (Wildman–Crippen MR) is 44.4 cm³/mol. The van der Waals surface area contributed by atoms with Gasteiger partial charge in [0.05, 0.1) is 11.7 Å². The molecule has 60 valence electrons. The molecule has 1 aromatic heterocycles. The highest BCUT2D eigenvalue weighted by Crippen LogP contribution is 2.39. The van der Waals surface area contributed by atoms with Crippen LogP contribution in [0.15, 0.2) is 5.38 Å². The van der Waals surface area contributed by atoms with Crippen molar-refractivity contribution < 1.29 is 0 Å². The fourth-order valence-corrected chi connectivity index (χ4v) is 1.89. The second-order valence-corrected chi connectivity index (χ2v) is 4.24. The first-order chi connectivity index (χ1) is 5.20. The van der Waals surface area contributed by atoms with Gasteiger partial charge in [0.15, 0.2) is 0 Å². The van der Waals surface area contributed by atoms with Crippen molar-refractivity contribution in [1.82, 2.24) is 14.9 Å². The summed E-state index contributed by atoms with van der Waals surface area (Å²) in [4.78, 5) is 0. The minimum absolute atomic E-state index is 0.357. The first kappa shape index (κ1) is 7.18. The number of hydrogen-bond donors (Lipinski definition) is 1. The smallest absolute Gasteiger partial charge is 0.0930 e. The molecule has 0 aliphatic carbocycles. The Hall–Kier alpha value is -0.480. The third kappa shape index (κ3) is 1.06. The number of rotatable bonds is 1. The third-order valence-electron chi connectivity index (χ3n) is 2.22. The van der Waals surface area contributed by atoms with Crippen LogP contribution >= 0.6 is 11.5 Å². The van der Waals surface area contributed by atoms with Gasteiger partial charge in [-0.3, -0.25) is 0 Å². The predicted octanol–water partition coefficient (Wildman–Crippen LogP) is 1.21. The summed E-state index contributed by atoms with van der Waals surface area (Å²) in [5.41, 5.74) is 1.45. The standard InChI is InChI=1S/C7H11N3S/c1-7(2)4-8-6(7)5-3-11-10-9-5/h3,6,8H,4H2,1-2H3. The Kier molecular flexibility index (Phi) is 1.47. The van der Waals surface area contributed by atoms with Crippen LogP contribution in [0.1, 0.15) is 25.6 Å². The Balaban J connectivity index is 2.20. The van der Waals surface area contributed by atoms with Gasteiger partial charge in [0, 0.05) is 11.9 Å². The van der Waals surface area contributed by atoms with Crippen LogP contribution in [0.5, 0.6) is 0 Å². The zero-order valence-electron chi connectivity index (χ0n) is 6.66. The Morgan fingerprint density at radius 3 is 2.91 bits per heavy atom. The average molecular weight is 169 g/mol. The molecule has 0 bridgehead atoms. The van der Waals surface area contributed by atoms with E-state index in [1.807, 2.05) is 5.38 Å². The molecule has 4 heteroatoms. The van der Waals surface area contributed by atoms with Crippen LogP contribution < -0.4 is 5.32 Å². The van der Waals surface area contributed by atoms with E-state index in [1.165, 1.54) is 11.5 Å². The van der Waals surface area contributed by atoms with E-state index in [1.54, 1.807) is 0 Å². The zero-order valence-corrected chi connectivity index (χ0v) is 7.48. The molecule has 1 saturated heterocycles. The Labute approximate surface area is 70.0 Å². The van der Waals surface area contributed by atoms with Gasteiger partial charge >= 0.3 is 0 Å². The molecule has 1 aliphatic heterocycles. The minimum Gasteiger partial charge on any atom is -0.307 e. The fourth-order valence-electron chi connectivity index (χ4n) is 1.41. The summed E-state index contributed by atoms with van der Waals surface area (Å²) in [6.45, 7) is 5.57. The van der Waals surface area contributed by atoms with E-state index in [2.05, 4.69) is 28.8 Å². The molecule has 0 radical (unpaired) electrons. The molecule has 3 nitrogen and oxygen atoms in total. The Bertz CT molecular complexity index is 242. The van der Waals surface area contributed by atoms with Crippen molar-refractivity contribution in [3.63, 3.8) is 0 Å². The Morgan fingerprint density at radius 1 is 1.73 bits per heavy atom. The van der Waals surface area contributed by atoms with Gasteiger partial charge in [-0.15, -0.1) is 5.10 Å². The van der Waals surface area contributed by atoms with Crippen LogP contribution in [-0.4, -0.2) is 16.1 Å². The number of hydrogen-bond acceptors (Lipinski definition) is 4. The van der Waals surface area contributed by atoms with Gasteiger partial charge in [0.1, 0.15) is 0 Å². The van der Waals surface area contributed by atoms with Gasteiger partial charge in [-0.05, 0) is 16.9 Å². The van der Waals surface area contributed by atoms with Crippen LogP contribution in [0.4, 0.5) is 0 Å². The summed E-state index contributed by atoms with van der Waals surface area (Å²) >= 11 is 1.42. The van der Waals surface area contributed by atoms with E-state index in [-0.39, 0.29) is 0 Å². The lowest BCUT2D eigenvalue weighted by atomic mass is 9.76. The normalized spacial score (nSPS) is 28.0. The lowest BCUT2D eigenvalue weighted by molar-refractivity contribution is 0.124. The lowest BCUT2D eigenvalue weighted by Gasteiger charge is -2.44. The molecule has 0 amide bonds. The number of nitrogens with zero attached hydrogens (tertiary/aromatic N) is 2. The lowest BCUT2D eigenvalue weighted by Crippen LogP contribution is -2.52. The monoisotopic (exact) mass is 169 g/mol. The largest absolute Gasteiger partial charge is 0.307 e. The van der Waals surface area contributed by atoms with E-state index in [0.29, 0.717) is 11.5 Å². The van der Waals surface area contributed by atoms with Gasteiger partial charge in [0.2, 0.25) is 0 Å². The van der Waals surface area contributed by atoms with Crippen molar-refractivity contribution in [2.75, 3.05) is 6.54 Å². The molecule has 1 aliphatic rings. The van der Waals surface area contributed by atoms with Gasteiger partial charge in [-0.2, -0.15) is 0 Å². The average Bonchev–Trinajstić information content (AvgIpc) is 2.38. The van der Waals surface area contributed by atoms with Crippen LogP contribution in [0.3, 0.4) is 0 Å². The minimum atomic E-state index is 0.357. The van der Waals surface area contributed by atoms with Crippen molar-refractivity contribution >= 4 is 11.5 Å². The molecule has 0 saturated carbocycles. The van der Waals surface area contributed by atoms with Gasteiger partial charge in [0.25, 0.3) is 0 Å². The van der Waals surface area contributed by atoms with Crippen LogP contribution in [0, 0.1) is 5.41 Å². The van der Waals surface area contributed by atoms with Gasteiger partial charge in [-0.1, -0.05) is 18.3 Å². The molecule has 0 spiro atoms. The summed E-state index contributed by atoms with van der Waals surface area (Å²) in [6, 6.07) is 0.418. The quantitative estimate of drug-likeness (QED) is 0.686. The second-order valence-electron chi connectivity index (χ2n) is 3.63. The molecule has 1 fully saturated rings. The van der Waals surface area contributed by atoms with Crippen LogP contribution in [0.25, 0.3) is 0 Å². The van der Waals surface area contributed by atoms with Crippen LogP contribution in [-0.2, 0) is 0 Å². The number of aromatic nitrogens is 2. The van der Waals surface area contributed by atoms with Crippen LogP contribution in [0.2, 0.25) is 0 Å². The summed E-state index contributed by atoms with van der Waals surface area (Å²) in [5, 5.41) is 9.39. The van der Waals surface area contributed by atoms with Crippen molar-refractivity contribution in [2.24, 2.45) is 5.41 Å². The van der Waals surface area contributed by atoms with E-state index in [9.17, 15) is 0 Å². The third-order valence-corrected chi connectivity index (χ3v) is 2.74. The van der Waals surface area contributed by atoms with Crippen molar-refractivity contribution in [2.45, 2.75) is 19.9 Å². The molecule has 2 heterocycles. The first-order valence-electron chi connectivity index (χ1n) is 3.70. The summed E-state index contributed by atoms with van der Waals surface area (Å²) in [6.07, 6.45) is 0. The summed E-state index contributed by atoms with van der Waals surface area (Å²) < 4.78 is 3.84. The van der Waals surface area contributed by atoms with E-state index in [4.69, 9.17) is 0 Å². The molecule has 0 aromatic carbocycles. The maximum absolute atomic E-state index is 4.04. The maximum Gasteiger partial charge on any atom is 0.0930 e. The molecule has 1 N–H and O–H groups in total. The van der Waals surface area contributed by atoms with Gasteiger partial charge in [-0.25, -0.2) is 0 Å². The Morgan fingerprint density at radius 2 is 2.55 bits per heavy atom. The SMILES string of the molecule is CC1(C)CNC1c1csnn1. The van der Waals surface area contributed by atoms with Gasteiger partial charge < -0.3 is 5.32 Å². The highest BCUT2D eigenvalue weighted by atomic mass is 32.1. The molecule has 1 atom stereocenters. The summed E-state index contributed by atoms with van der Waals surface area (Å²) in [5.74, 6) is 0. The van der Waals surface area contributed by atoms with Crippen molar-refractivity contribution in [3.05, 3.63) is 11.1 Å². The molecular formula is C7H11N3S. The summed E-state index contributed by atoms with van der Waals surface area (Å²) in [7, 11) is 0. The highest BCUT2D eigenvalue weighted by molar-refractivity contribution is 7.03. The maximum atomic E-state index is 4.04. The molecule has 1 unspecified atom stereocenters. The fraction of sp³-hybridized carbons (Fsp3) is 0.714. The van der Waals surface area contributed by atoms with E-state index in [0.717, 1.165) is 12.2 Å².